The molecule has 1 heterocycles. The molecule has 122 valence electrons. The van der Waals surface area contributed by atoms with Gasteiger partial charge in [-0.25, -0.2) is 4.79 Å². The molecule has 1 aromatic heterocycles. The van der Waals surface area contributed by atoms with Gasteiger partial charge in [0.05, 0.1) is 12.2 Å². The summed E-state index contributed by atoms with van der Waals surface area (Å²) in [5.41, 5.74) is 1.87. The summed E-state index contributed by atoms with van der Waals surface area (Å²) in [6.07, 6.45) is 6.55. The molecule has 1 aromatic rings. The third-order valence-corrected chi connectivity index (χ3v) is 5.12. The van der Waals surface area contributed by atoms with Gasteiger partial charge in [-0.3, -0.25) is 0 Å². The van der Waals surface area contributed by atoms with Crippen LogP contribution in [0.5, 0.6) is 0 Å². The second-order valence-corrected chi connectivity index (χ2v) is 6.88. The Kier molecular flexibility index (Phi) is 6.64. The summed E-state index contributed by atoms with van der Waals surface area (Å²) in [6, 6.07) is 0. The Morgan fingerprint density at radius 1 is 1.27 bits per heavy atom. The Labute approximate surface area is 141 Å². The summed E-state index contributed by atoms with van der Waals surface area (Å²) in [5, 5.41) is 7.75. The van der Waals surface area contributed by atoms with Crippen molar-refractivity contribution in [3.8, 4) is 0 Å². The fourth-order valence-corrected chi connectivity index (χ4v) is 4.19. The van der Waals surface area contributed by atoms with Crippen LogP contribution in [0.3, 0.4) is 0 Å². The minimum atomic E-state index is -0.234. The van der Waals surface area contributed by atoms with Crippen LogP contribution in [0.4, 0.5) is 5.00 Å². The van der Waals surface area contributed by atoms with E-state index < -0.39 is 0 Å². The van der Waals surface area contributed by atoms with Crippen LogP contribution in [-0.4, -0.2) is 24.2 Å². The highest BCUT2D eigenvalue weighted by Gasteiger charge is 2.25. The van der Waals surface area contributed by atoms with E-state index in [2.05, 4.69) is 17.6 Å². The number of nitrogens with one attached hydrogen (secondary N) is 2. The smallest absolute Gasteiger partial charge is 0.341 e. The summed E-state index contributed by atoms with van der Waals surface area (Å²) in [7, 11) is 0. The second kappa shape index (κ2) is 8.48. The number of fused-ring (bicyclic) bond motifs is 1. The van der Waals surface area contributed by atoms with Crippen LogP contribution in [0.15, 0.2) is 0 Å². The van der Waals surface area contributed by atoms with E-state index in [1.54, 1.807) is 11.3 Å². The number of aryl methyl sites for hydroxylation is 1. The van der Waals surface area contributed by atoms with Gasteiger partial charge in [0.2, 0.25) is 0 Å². The number of carbonyl (C=O) groups is 1. The second-order valence-electron chi connectivity index (χ2n) is 5.37. The molecule has 6 heteroatoms. The lowest BCUT2D eigenvalue weighted by Crippen LogP contribution is -2.29. The van der Waals surface area contributed by atoms with Crippen molar-refractivity contribution in [2.75, 3.05) is 18.5 Å². The Hall–Kier alpha value is -1.14. The van der Waals surface area contributed by atoms with E-state index in [1.807, 2.05) is 6.92 Å². The molecular weight excluding hydrogens is 316 g/mol. The van der Waals surface area contributed by atoms with Crippen LogP contribution < -0.4 is 10.6 Å². The molecule has 0 saturated carbocycles. The zero-order chi connectivity index (χ0) is 15.9. The average molecular weight is 341 g/mol. The quantitative estimate of drug-likeness (QED) is 0.484. The van der Waals surface area contributed by atoms with Crippen molar-refractivity contribution < 1.29 is 9.53 Å². The number of thiocarbonyl (C=S) groups is 1. The molecule has 22 heavy (non-hydrogen) atoms. The highest BCUT2D eigenvalue weighted by Crippen LogP contribution is 2.37. The van der Waals surface area contributed by atoms with Gasteiger partial charge in [0, 0.05) is 11.4 Å². The van der Waals surface area contributed by atoms with Gasteiger partial charge < -0.3 is 15.4 Å². The predicted octanol–water partition coefficient (Wildman–Crippen LogP) is 3.89. The Balaban J connectivity index is 2.27. The third-order valence-electron chi connectivity index (χ3n) is 3.66. The van der Waals surface area contributed by atoms with Crippen molar-refractivity contribution in [2.45, 2.75) is 52.4 Å². The van der Waals surface area contributed by atoms with Gasteiger partial charge >= 0.3 is 5.97 Å². The topological polar surface area (TPSA) is 50.4 Å². The maximum Gasteiger partial charge on any atom is 0.341 e. The van der Waals surface area contributed by atoms with Crippen molar-refractivity contribution in [3.63, 3.8) is 0 Å². The number of carbonyl (C=O) groups excluding carboxylic acids is 1. The molecule has 2 N–H and O–H groups in total. The zero-order valence-electron chi connectivity index (χ0n) is 13.3. The van der Waals surface area contributed by atoms with E-state index >= 15 is 0 Å². The van der Waals surface area contributed by atoms with Gasteiger partial charge in [0.15, 0.2) is 5.11 Å². The first-order valence-electron chi connectivity index (χ1n) is 8.03. The predicted molar refractivity (Wildman–Crippen MR) is 96.0 cm³/mol. The molecule has 0 aromatic carbocycles. The van der Waals surface area contributed by atoms with Crippen molar-refractivity contribution in [2.24, 2.45) is 0 Å². The number of ether oxygens (including phenoxy) is 1. The molecule has 2 rings (SSSR count). The van der Waals surface area contributed by atoms with E-state index in [0.717, 1.165) is 37.2 Å². The minimum Gasteiger partial charge on any atom is -0.462 e. The molecule has 0 unspecified atom stereocenters. The van der Waals surface area contributed by atoms with Crippen molar-refractivity contribution in [1.29, 1.82) is 0 Å². The van der Waals surface area contributed by atoms with Gasteiger partial charge in [-0.2, -0.15) is 0 Å². The Morgan fingerprint density at radius 2 is 2.05 bits per heavy atom. The van der Waals surface area contributed by atoms with Crippen LogP contribution in [-0.2, 0) is 17.6 Å². The summed E-state index contributed by atoms with van der Waals surface area (Å²) < 4.78 is 5.26. The van der Waals surface area contributed by atoms with Crippen LogP contribution in [0, 0.1) is 0 Å². The number of esters is 1. The molecule has 0 fully saturated rings. The van der Waals surface area contributed by atoms with Crippen molar-refractivity contribution in [1.82, 2.24) is 5.32 Å². The van der Waals surface area contributed by atoms with Crippen LogP contribution in [0.1, 0.15) is 60.3 Å². The fourth-order valence-electron chi connectivity index (χ4n) is 2.64. The van der Waals surface area contributed by atoms with Crippen LogP contribution in [0.25, 0.3) is 0 Å². The normalized spacial score (nSPS) is 13.9. The van der Waals surface area contributed by atoms with E-state index in [0.29, 0.717) is 17.3 Å². The monoisotopic (exact) mass is 340 g/mol. The summed E-state index contributed by atoms with van der Waals surface area (Å²) in [6.45, 7) is 5.14. The number of hydrogen-bond acceptors (Lipinski definition) is 4. The summed E-state index contributed by atoms with van der Waals surface area (Å²) in [5.74, 6) is -0.234. The van der Waals surface area contributed by atoms with Crippen LogP contribution >= 0.6 is 23.6 Å². The molecule has 0 amide bonds. The molecular formula is C16H24N2O2S2. The molecule has 0 atom stereocenters. The largest absolute Gasteiger partial charge is 0.462 e. The molecule has 0 saturated heterocycles. The van der Waals surface area contributed by atoms with E-state index in [4.69, 9.17) is 17.0 Å². The number of rotatable bonds is 5. The third kappa shape index (κ3) is 4.20. The lowest BCUT2D eigenvalue weighted by Gasteiger charge is -2.11. The summed E-state index contributed by atoms with van der Waals surface area (Å²) in [4.78, 5) is 13.7. The molecule has 0 bridgehead atoms. The minimum absolute atomic E-state index is 0.234. The Bertz CT molecular complexity index is 540. The first-order chi connectivity index (χ1) is 10.7. The van der Waals surface area contributed by atoms with Gasteiger partial charge in [-0.1, -0.05) is 13.3 Å². The average Bonchev–Trinajstić information content (AvgIpc) is 2.67. The van der Waals surface area contributed by atoms with Crippen molar-refractivity contribution in [3.05, 3.63) is 16.0 Å². The maximum atomic E-state index is 12.4. The first-order valence-corrected chi connectivity index (χ1v) is 9.26. The number of hydrogen-bond donors (Lipinski definition) is 2. The van der Waals surface area contributed by atoms with E-state index in [9.17, 15) is 4.79 Å². The molecule has 1 aliphatic carbocycles. The SMILES string of the molecule is CCCNC(=S)Nc1sc2c(c1C(=O)OCC)CCCCC2. The number of anilines is 1. The zero-order valence-corrected chi connectivity index (χ0v) is 14.9. The Morgan fingerprint density at radius 3 is 2.77 bits per heavy atom. The van der Waals surface area contributed by atoms with Crippen molar-refractivity contribution >= 4 is 39.6 Å². The molecule has 1 aliphatic rings. The van der Waals surface area contributed by atoms with E-state index in [1.165, 1.54) is 23.3 Å². The lowest BCUT2D eigenvalue weighted by molar-refractivity contribution is 0.0527. The van der Waals surface area contributed by atoms with Crippen LogP contribution in [0.2, 0.25) is 0 Å². The lowest BCUT2D eigenvalue weighted by atomic mass is 10.1. The highest BCUT2D eigenvalue weighted by atomic mass is 32.1. The molecule has 0 aliphatic heterocycles. The molecule has 0 radical (unpaired) electrons. The van der Waals surface area contributed by atoms with Gasteiger partial charge in [0.1, 0.15) is 5.00 Å². The van der Waals surface area contributed by atoms with Gasteiger partial charge in [-0.15, -0.1) is 11.3 Å². The van der Waals surface area contributed by atoms with Gasteiger partial charge in [-0.05, 0) is 56.8 Å². The first kappa shape index (κ1) is 17.2. The molecule has 0 spiro atoms. The number of thiophene rings is 1. The van der Waals surface area contributed by atoms with Gasteiger partial charge in [0.25, 0.3) is 0 Å². The fraction of sp³-hybridized carbons (Fsp3) is 0.625. The molecule has 4 nitrogen and oxygen atoms in total. The summed E-state index contributed by atoms with van der Waals surface area (Å²) >= 11 is 6.96. The highest BCUT2D eigenvalue weighted by molar-refractivity contribution is 7.80. The standard InChI is InChI=1S/C16H24N2O2S2/c1-3-10-17-16(21)18-14-13(15(19)20-4-2)11-8-6-5-7-9-12(11)22-14/h3-10H2,1-2H3,(H2,17,18,21). The van der Waals surface area contributed by atoms with E-state index in [-0.39, 0.29) is 5.97 Å². The maximum absolute atomic E-state index is 12.4.